The summed E-state index contributed by atoms with van der Waals surface area (Å²) in [4.78, 5) is 34.9. The van der Waals surface area contributed by atoms with Crippen molar-refractivity contribution >= 4 is 19.8 Å². The molecule has 3 N–H and O–H groups in total. The fourth-order valence-corrected chi connectivity index (χ4v) is 7.09. The molecule has 0 amide bonds. The molecule has 59 heavy (non-hydrogen) atoms. The van der Waals surface area contributed by atoms with Crippen molar-refractivity contribution < 1.29 is 37.6 Å². The SMILES string of the molecule is CCCCC/C=C/C/C=C/C/C=C/C/C=C/CCCC(=O)OC[C@H](COP(=O)(O)OCCN)OC(=O)CCCCCCCCCCCCC/C=C/CCCCCCCC. The van der Waals surface area contributed by atoms with Gasteiger partial charge in [0.2, 0.25) is 0 Å². The van der Waals surface area contributed by atoms with Crippen LogP contribution in [0.2, 0.25) is 0 Å². The predicted molar refractivity (Wildman–Crippen MR) is 247 cm³/mol. The Morgan fingerprint density at radius 3 is 1.41 bits per heavy atom. The van der Waals surface area contributed by atoms with Gasteiger partial charge >= 0.3 is 19.8 Å². The summed E-state index contributed by atoms with van der Waals surface area (Å²) in [6.45, 7) is 3.65. The Labute approximate surface area is 361 Å². The van der Waals surface area contributed by atoms with Gasteiger partial charge in [0.05, 0.1) is 13.2 Å². The van der Waals surface area contributed by atoms with Gasteiger partial charge in [-0.05, 0) is 77.0 Å². The molecule has 0 aliphatic heterocycles. The zero-order chi connectivity index (χ0) is 43.2. The van der Waals surface area contributed by atoms with Gasteiger partial charge in [0.15, 0.2) is 6.10 Å². The number of unbranched alkanes of at least 4 members (excludes halogenated alkanes) is 21. The van der Waals surface area contributed by atoms with Crippen molar-refractivity contribution in [3.63, 3.8) is 0 Å². The maximum atomic E-state index is 12.6. The number of hydrogen-bond acceptors (Lipinski definition) is 8. The van der Waals surface area contributed by atoms with Crippen LogP contribution in [0.1, 0.15) is 206 Å². The summed E-state index contributed by atoms with van der Waals surface area (Å²) in [7, 11) is -4.39. The van der Waals surface area contributed by atoms with Gasteiger partial charge in [-0.3, -0.25) is 18.6 Å². The van der Waals surface area contributed by atoms with Crippen molar-refractivity contribution in [3.05, 3.63) is 60.8 Å². The summed E-state index contributed by atoms with van der Waals surface area (Å²) in [5.41, 5.74) is 5.35. The minimum atomic E-state index is -4.39. The van der Waals surface area contributed by atoms with Gasteiger partial charge in [0, 0.05) is 19.4 Å². The Hall–Kier alpha value is -2.29. The van der Waals surface area contributed by atoms with Crippen molar-refractivity contribution in [3.8, 4) is 0 Å². The highest BCUT2D eigenvalue weighted by Crippen LogP contribution is 2.43. The van der Waals surface area contributed by atoms with Gasteiger partial charge in [0.25, 0.3) is 0 Å². The Morgan fingerprint density at radius 1 is 0.508 bits per heavy atom. The zero-order valence-corrected chi connectivity index (χ0v) is 38.6. The first-order chi connectivity index (χ1) is 28.8. The van der Waals surface area contributed by atoms with Gasteiger partial charge < -0.3 is 20.1 Å². The van der Waals surface area contributed by atoms with E-state index in [9.17, 15) is 19.0 Å². The summed E-state index contributed by atoms with van der Waals surface area (Å²) in [6.07, 6.45) is 54.0. The Balaban J connectivity index is 4.16. The highest BCUT2D eigenvalue weighted by Gasteiger charge is 2.26. The van der Waals surface area contributed by atoms with Crippen molar-refractivity contribution in [1.29, 1.82) is 0 Å². The lowest BCUT2D eigenvalue weighted by Crippen LogP contribution is -2.29. The van der Waals surface area contributed by atoms with Gasteiger partial charge in [-0.15, -0.1) is 0 Å². The molecule has 0 aromatic heterocycles. The molecule has 0 aliphatic rings. The van der Waals surface area contributed by atoms with E-state index >= 15 is 0 Å². The quantitative estimate of drug-likeness (QED) is 0.0266. The number of phosphoric ester groups is 1. The molecule has 0 saturated carbocycles. The van der Waals surface area contributed by atoms with E-state index in [1.54, 1.807) is 0 Å². The molecule has 10 heteroatoms. The second kappa shape index (κ2) is 45.2. The molecular weight excluding hydrogens is 762 g/mol. The topological polar surface area (TPSA) is 134 Å². The van der Waals surface area contributed by atoms with E-state index in [0.717, 1.165) is 44.9 Å². The Morgan fingerprint density at radius 2 is 0.898 bits per heavy atom. The largest absolute Gasteiger partial charge is 0.472 e. The number of allylic oxidation sites excluding steroid dienone is 10. The molecule has 342 valence electrons. The number of phosphoric acid groups is 1. The van der Waals surface area contributed by atoms with E-state index in [2.05, 4.69) is 74.6 Å². The number of nitrogens with two attached hydrogens (primary N) is 1. The minimum absolute atomic E-state index is 0.0443. The fourth-order valence-electron chi connectivity index (χ4n) is 6.33. The fraction of sp³-hybridized carbons (Fsp3) is 0.755. The monoisotopic (exact) mass is 850 g/mol. The molecule has 0 aromatic carbocycles. The Kier molecular flexibility index (Phi) is 43.5. The van der Waals surface area contributed by atoms with Gasteiger partial charge in [-0.2, -0.15) is 0 Å². The molecule has 2 atom stereocenters. The van der Waals surface area contributed by atoms with Gasteiger partial charge in [0.1, 0.15) is 6.61 Å². The maximum Gasteiger partial charge on any atom is 0.472 e. The summed E-state index contributed by atoms with van der Waals surface area (Å²) >= 11 is 0. The lowest BCUT2D eigenvalue weighted by Gasteiger charge is -2.19. The highest BCUT2D eigenvalue weighted by atomic mass is 31.2. The van der Waals surface area contributed by atoms with E-state index in [1.807, 2.05) is 0 Å². The van der Waals surface area contributed by atoms with Gasteiger partial charge in [-0.1, -0.05) is 177 Å². The molecule has 0 bridgehead atoms. The third kappa shape index (κ3) is 45.1. The molecular formula is C49H88NO8P. The lowest BCUT2D eigenvalue weighted by molar-refractivity contribution is -0.161. The summed E-state index contributed by atoms with van der Waals surface area (Å²) < 4.78 is 32.8. The van der Waals surface area contributed by atoms with E-state index in [4.69, 9.17) is 24.3 Å². The number of esters is 2. The molecule has 0 radical (unpaired) electrons. The maximum absolute atomic E-state index is 12.6. The van der Waals surface area contributed by atoms with E-state index < -0.39 is 32.5 Å². The third-order valence-electron chi connectivity index (χ3n) is 9.88. The first-order valence-electron chi connectivity index (χ1n) is 23.8. The van der Waals surface area contributed by atoms with Crippen LogP contribution in [0.3, 0.4) is 0 Å². The van der Waals surface area contributed by atoms with E-state index in [1.165, 1.54) is 122 Å². The van der Waals surface area contributed by atoms with Crippen LogP contribution in [0.15, 0.2) is 60.8 Å². The number of rotatable bonds is 44. The molecule has 0 heterocycles. The summed E-state index contributed by atoms with van der Waals surface area (Å²) in [5, 5.41) is 0. The molecule has 0 spiro atoms. The first-order valence-corrected chi connectivity index (χ1v) is 25.3. The molecule has 9 nitrogen and oxygen atoms in total. The first kappa shape index (κ1) is 56.7. The van der Waals surface area contributed by atoms with Crippen LogP contribution < -0.4 is 5.73 Å². The highest BCUT2D eigenvalue weighted by molar-refractivity contribution is 7.47. The minimum Gasteiger partial charge on any atom is -0.462 e. The van der Waals surface area contributed by atoms with E-state index in [-0.39, 0.29) is 32.6 Å². The van der Waals surface area contributed by atoms with Crippen LogP contribution >= 0.6 is 7.82 Å². The lowest BCUT2D eigenvalue weighted by atomic mass is 10.0. The van der Waals surface area contributed by atoms with Crippen LogP contribution in [-0.2, 0) is 32.7 Å². The average molecular weight is 850 g/mol. The summed E-state index contributed by atoms with van der Waals surface area (Å²) in [6, 6.07) is 0. The number of hydrogen-bond donors (Lipinski definition) is 2. The van der Waals surface area contributed by atoms with E-state index in [0.29, 0.717) is 12.8 Å². The van der Waals surface area contributed by atoms with Crippen LogP contribution in [0, 0.1) is 0 Å². The summed E-state index contributed by atoms with van der Waals surface area (Å²) in [5.74, 6) is -0.894. The normalized spacial score (nSPS) is 13.8. The van der Waals surface area contributed by atoms with Crippen molar-refractivity contribution in [1.82, 2.24) is 0 Å². The van der Waals surface area contributed by atoms with Gasteiger partial charge in [-0.25, -0.2) is 4.57 Å². The van der Waals surface area contributed by atoms with Crippen molar-refractivity contribution in [2.75, 3.05) is 26.4 Å². The average Bonchev–Trinajstić information content (AvgIpc) is 3.22. The smallest absolute Gasteiger partial charge is 0.462 e. The molecule has 0 fully saturated rings. The van der Waals surface area contributed by atoms with Crippen molar-refractivity contribution in [2.24, 2.45) is 5.73 Å². The van der Waals surface area contributed by atoms with Crippen LogP contribution in [0.25, 0.3) is 0 Å². The molecule has 0 saturated heterocycles. The standard InChI is InChI=1S/C49H88NO8P/c1-3-5-7-9-11-13-15-17-19-21-22-23-24-26-28-30-32-34-36-38-40-42-49(52)58-47(46-57-59(53,54)56-44-43-50)45-55-48(51)41-39-37-35-33-31-29-27-25-20-18-16-14-12-10-8-6-4-2/h12,14,17-20,27,29,33,35,47H,3-11,13,15-16,21-26,28,30-32,34,36-46,50H2,1-2H3,(H,53,54)/b14-12+,19-17+,20-18+,29-27+,35-33+/t47-/m1/s1. The number of carbonyl (C=O) groups excluding carboxylic acids is 2. The predicted octanol–water partition coefficient (Wildman–Crippen LogP) is 14.1. The molecule has 0 aliphatic carbocycles. The van der Waals surface area contributed by atoms with Crippen LogP contribution in [0.5, 0.6) is 0 Å². The Bertz CT molecular complexity index is 1150. The molecule has 1 unspecified atom stereocenters. The molecule has 0 aromatic rings. The van der Waals surface area contributed by atoms with Crippen LogP contribution in [-0.4, -0.2) is 49.3 Å². The number of carbonyl (C=O) groups is 2. The third-order valence-corrected chi connectivity index (χ3v) is 10.9. The second-order valence-electron chi connectivity index (χ2n) is 15.6. The zero-order valence-electron chi connectivity index (χ0n) is 37.7. The second-order valence-corrected chi connectivity index (χ2v) is 17.1. The number of ether oxygens (including phenoxy) is 2. The van der Waals surface area contributed by atoms with Crippen molar-refractivity contribution in [2.45, 2.75) is 213 Å². The van der Waals surface area contributed by atoms with Crippen LogP contribution in [0.4, 0.5) is 0 Å². The molecule has 0 rings (SSSR count).